The Hall–Kier alpha value is -2.60. The van der Waals surface area contributed by atoms with Crippen LogP contribution in [-0.4, -0.2) is 20.8 Å². The Labute approximate surface area is 97.7 Å². The molecule has 0 amide bonds. The van der Waals surface area contributed by atoms with Crippen molar-refractivity contribution in [2.45, 2.75) is 20.4 Å². The molecule has 0 aromatic carbocycles. The number of hydrogen-bond acceptors (Lipinski definition) is 4. The van der Waals surface area contributed by atoms with Gasteiger partial charge in [-0.1, -0.05) is 5.92 Å². The molecule has 6 nitrogen and oxygen atoms in total. The first kappa shape index (κ1) is 14.4. The highest BCUT2D eigenvalue weighted by Gasteiger charge is 2.01. The Bertz CT molecular complexity index is 562. The highest BCUT2D eigenvalue weighted by Crippen LogP contribution is 1.71. The third-order valence-electron chi connectivity index (χ3n) is 1.55. The number of carbonyl (C=O) groups is 1. The summed E-state index contributed by atoms with van der Waals surface area (Å²) < 4.78 is 0.896. The highest BCUT2D eigenvalue weighted by molar-refractivity contribution is 5.68. The maximum atomic E-state index is 11.0. The molecule has 0 radical (unpaired) electrons. The molecule has 0 bridgehead atoms. The van der Waals surface area contributed by atoms with E-state index < -0.39 is 11.4 Å². The number of nitrogens with zero attached hydrogens (tertiary/aromatic N) is 2. The van der Waals surface area contributed by atoms with Gasteiger partial charge in [-0.15, -0.1) is 6.42 Å². The summed E-state index contributed by atoms with van der Waals surface area (Å²) >= 11 is 0. The lowest BCUT2D eigenvalue weighted by Gasteiger charge is -1.96. The minimum atomic E-state index is -0.705. The number of rotatable bonds is 2. The van der Waals surface area contributed by atoms with E-state index in [1.165, 1.54) is 0 Å². The summed E-state index contributed by atoms with van der Waals surface area (Å²) in [5, 5.41) is 0. The smallest absolute Gasteiger partial charge is 0.294 e. The van der Waals surface area contributed by atoms with E-state index >= 15 is 0 Å². The van der Waals surface area contributed by atoms with Crippen LogP contribution < -0.4 is 11.4 Å². The van der Waals surface area contributed by atoms with E-state index in [1.807, 2.05) is 0 Å². The summed E-state index contributed by atoms with van der Waals surface area (Å²) in [5.41, 5.74) is -1.32. The van der Waals surface area contributed by atoms with Crippen LogP contribution in [0.1, 0.15) is 24.5 Å². The first-order valence-electron chi connectivity index (χ1n) is 4.64. The van der Waals surface area contributed by atoms with E-state index in [0.717, 1.165) is 4.57 Å². The average molecular weight is 233 g/mol. The van der Waals surface area contributed by atoms with Gasteiger partial charge in [-0.2, -0.15) is 4.98 Å². The molecule has 0 aliphatic rings. The van der Waals surface area contributed by atoms with Crippen molar-refractivity contribution in [3.05, 3.63) is 26.8 Å². The van der Waals surface area contributed by atoms with E-state index in [4.69, 9.17) is 6.42 Å². The second kappa shape index (κ2) is 7.66. The number of hydrogen-bond donors (Lipinski definition) is 1. The minimum Gasteiger partial charge on any atom is -0.294 e. The van der Waals surface area contributed by atoms with Gasteiger partial charge in [0, 0.05) is 6.54 Å². The Morgan fingerprint density at radius 2 is 2.18 bits per heavy atom. The van der Waals surface area contributed by atoms with Crippen molar-refractivity contribution in [2.24, 2.45) is 0 Å². The van der Waals surface area contributed by atoms with Crippen LogP contribution in [0.4, 0.5) is 0 Å². The molecule has 1 heterocycles. The van der Waals surface area contributed by atoms with Crippen molar-refractivity contribution in [1.29, 1.82) is 0 Å². The third-order valence-corrected chi connectivity index (χ3v) is 1.55. The summed E-state index contributed by atoms with van der Waals surface area (Å²) in [6.45, 7) is 3.58. The fourth-order valence-corrected chi connectivity index (χ4v) is 0.862. The van der Waals surface area contributed by atoms with E-state index in [0.29, 0.717) is 6.29 Å². The van der Waals surface area contributed by atoms with Crippen molar-refractivity contribution in [3.63, 3.8) is 0 Å². The van der Waals surface area contributed by atoms with Crippen molar-refractivity contribution in [1.82, 2.24) is 14.5 Å². The lowest BCUT2D eigenvalue weighted by Crippen LogP contribution is -2.37. The van der Waals surface area contributed by atoms with Gasteiger partial charge in [-0.05, 0) is 25.7 Å². The number of terminal acetylenes is 1. The van der Waals surface area contributed by atoms with Gasteiger partial charge in [0.25, 0.3) is 0 Å². The Morgan fingerprint density at radius 3 is 2.47 bits per heavy atom. The van der Waals surface area contributed by atoms with Crippen LogP contribution >= 0.6 is 0 Å². The molecule has 0 spiro atoms. The molecule has 17 heavy (non-hydrogen) atoms. The molecular formula is C11H11N3O3. The zero-order valence-electron chi connectivity index (χ0n) is 9.48. The summed E-state index contributed by atoms with van der Waals surface area (Å²) in [5.74, 6) is 6.84. The predicted molar refractivity (Wildman–Crippen MR) is 62.5 cm³/mol. The van der Waals surface area contributed by atoms with E-state index in [-0.39, 0.29) is 12.4 Å². The first-order valence-corrected chi connectivity index (χ1v) is 4.64. The van der Waals surface area contributed by atoms with Gasteiger partial charge in [-0.25, -0.2) is 14.2 Å². The lowest BCUT2D eigenvalue weighted by atomic mass is 10.6. The van der Waals surface area contributed by atoms with Crippen LogP contribution in [0, 0.1) is 24.2 Å². The van der Waals surface area contributed by atoms with Crippen molar-refractivity contribution < 1.29 is 4.79 Å². The van der Waals surface area contributed by atoms with Crippen LogP contribution in [-0.2, 0) is 6.54 Å². The summed E-state index contributed by atoms with van der Waals surface area (Å²) in [7, 11) is 0. The number of aromatic amines is 1. The maximum Gasteiger partial charge on any atom is 0.353 e. The quantitative estimate of drug-likeness (QED) is 0.546. The zero-order chi connectivity index (χ0) is 13.3. The summed E-state index contributed by atoms with van der Waals surface area (Å²) in [6, 6.07) is 0. The minimum absolute atomic E-state index is 0.236. The monoisotopic (exact) mass is 233 g/mol. The molecule has 0 atom stereocenters. The predicted octanol–water partition coefficient (Wildman–Crippen LogP) is -0.593. The second-order valence-corrected chi connectivity index (χ2v) is 2.59. The van der Waals surface area contributed by atoms with Gasteiger partial charge in [0.15, 0.2) is 12.1 Å². The molecule has 0 saturated heterocycles. The number of H-pyrrole nitrogens is 1. The van der Waals surface area contributed by atoms with E-state index in [1.54, 1.807) is 13.8 Å². The standard InChI is InChI=1S/C6H7N3O3.C5H4/c1-2-9-5(11)7-4(3-10)8-6(9)12;1-3-5-4-2/h3H,2H2,1H3,(H,7,8,11,12);1H,2H3. The van der Waals surface area contributed by atoms with Crippen LogP contribution in [0.3, 0.4) is 0 Å². The van der Waals surface area contributed by atoms with E-state index in [2.05, 4.69) is 27.7 Å². The molecule has 0 unspecified atom stereocenters. The van der Waals surface area contributed by atoms with Gasteiger partial charge in [0.05, 0.1) is 0 Å². The molecule has 0 aliphatic carbocycles. The van der Waals surface area contributed by atoms with Crippen molar-refractivity contribution in [3.8, 4) is 24.2 Å². The maximum absolute atomic E-state index is 11.0. The van der Waals surface area contributed by atoms with Crippen molar-refractivity contribution in [2.75, 3.05) is 0 Å². The summed E-state index contributed by atoms with van der Waals surface area (Å²) in [4.78, 5) is 37.5. The normalized spacial score (nSPS) is 7.82. The molecule has 1 rings (SSSR count). The topological polar surface area (TPSA) is 84.8 Å². The molecule has 0 saturated carbocycles. The molecule has 6 heteroatoms. The molecule has 1 N–H and O–H groups in total. The molecule has 0 fully saturated rings. The zero-order valence-corrected chi connectivity index (χ0v) is 9.48. The second-order valence-electron chi connectivity index (χ2n) is 2.59. The van der Waals surface area contributed by atoms with Crippen LogP contribution in [0.2, 0.25) is 0 Å². The SMILES string of the molecule is C#CC#CC.CCn1c(=O)nc(C=O)[nH]c1=O. The number of aromatic nitrogens is 3. The Balaban J connectivity index is 0.000000437. The Morgan fingerprint density at radius 1 is 1.53 bits per heavy atom. The van der Waals surface area contributed by atoms with Gasteiger partial charge in [-0.3, -0.25) is 9.78 Å². The molecule has 1 aromatic heterocycles. The van der Waals surface area contributed by atoms with Crippen LogP contribution in [0.5, 0.6) is 0 Å². The fourth-order valence-electron chi connectivity index (χ4n) is 0.862. The van der Waals surface area contributed by atoms with E-state index in [9.17, 15) is 14.4 Å². The largest absolute Gasteiger partial charge is 0.353 e. The van der Waals surface area contributed by atoms with Gasteiger partial charge in [0.2, 0.25) is 0 Å². The third kappa shape index (κ3) is 4.63. The number of carbonyl (C=O) groups excluding carboxylic acids is 1. The van der Waals surface area contributed by atoms with Gasteiger partial charge >= 0.3 is 11.4 Å². The highest BCUT2D eigenvalue weighted by atomic mass is 16.2. The summed E-state index contributed by atoms with van der Waals surface area (Å²) in [6.07, 6.45) is 5.04. The Kier molecular flexibility index (Phi) is 6.49. The fraction of sp³-hybridized carbons (Fsp3) is 0.273. The van der Waals surface area contributed by atoms with Crippen LogP contribution in [0.15, 0.2) is 9.59 Å². The lowest BCUT2D eigenvalue weighted by molar-refractivity contribution is 0.111. The first-order chi connectivity index (χ1) is 8.10. The number of nitrogens with one attached hydrogen (secondary N) is 1. The average Bonchev–Trinajstić information content (AvgIpc) is 2.30. The molecule has 88 valence electrons. The molecule has 1 aromatic rings. The van der Waals surface area contributed by atoms with Gasteiger partial charge < -0.3 is 0 Å². The van der Waals surface area contributed by atoms with Crippen molar-refractivity contribution >= 4 is 6.29 Å². The van der Waals surface area contributed by atoms with Gasteiger partial charge in [0.1, 0.15) is 0 Å². The molecular weight excluding hydrogens is 222 g/mol. The van der Waals surface area contributed by atoms with Crippen LogP contribution in [0.25, 0.3) is 0 Å². The number of aldehydes is 1. The molecule has 0 aliphatic heterocycles.